The second-order valence-electron chi connectivity index (χ2n) is 9.06. The molecule has 4 aromatic heterocycles. The molecular weight excluding hydrogens is 528 g/mol. The van der Waals surface area contributed by atoms with Crippen LogP contribution < -0.4 is 10.3 Å². The van der Waals surface area contributed by atoms with Gasteiger partial charge in [-0.05, 0) is 46.2 Å². The topological polar surface area (TPSA) is 103 Å². The van der Waals surface area contributed by atoms with Gasteiger partial charge in [0.05, 0.1) is 23.3 Å². The Kier molecular flexibility index (Phi) is 9.14. The van der Waals surface area contributed by atoms with Crippen LogP contribution in [-0.4, -0.2) is 29.6 Å². The maximum absolute atomic E-state index is 13.9. The summed E-state index contributed by atoms with van der Waals surface area (Å²) in [4.78, 5) is 30.2. The normalized spacial score (nSPS) is 11.2. The van der Waals surface area contributed by atoms with Gasteiger partial charge in [0.2, 0.25) is 0 Å². The fourth-order valence-electron chi connectivity index (χ4n) is 3.87. The van der Waals surface area contributed by atoms with Crippen molar-refractivity contribution in [1.82, 2.24) is 24.5 Å². The van der Waals surface area contributed by atoms with Crippen LogP contribution in [0.4, 0.5) is 8.78 Å². The van der Waals surface area contributed by atoms with Crippen molar-refractivity contribution in [1.29, 1.82) is 0 Å². The molecule has 39 heavy (non-hydrogen) atoms. The largest absolute Gasteiger partial charge is 0.485 e. The van der Waals surface area contributed by atoms with Gasteiger partial charge in [0.25, 0.3) is 5.56 Å². The second-order valence-corrected chi connectivity index (χ2v) is 9.44. The van der Waals surface area contributed by atoms with E-state index in [1.54, 1.807) is 39.1 Å². The van der Waals surface area contributed by atoms with E-state index in [-0.39, 0.29) is 28.9 Å². The van der Waals surface area contributed by atoms with Crippen molar-refractivity contribution in [3.8, 4) is 22.8 Å². The molecule has 11 heteroatoms. The fourth-order valence-corrected chi connectivity index (χ4v) is 4.07. The number of pyridine rings is 3. The molecule has 8 nitrogen and oxygen atoms in total. The van der Waals surface area contributed by atoms with E-state index in [9.17, 15) is 18.7 Å². The molecule has 0 unspecified atom stereocenters. The van der Waals surface area contributed by atoms with Crippen LogP contribution in [0, 0.1) is 32.4 Å². The first-order valence-electron chi connectivity index (χ1n) is 12.3. The number of aryl methyl sites for hydroxylation is 2. The second kappa shape index (κ2) is 12.0. The first-order chi connectivity index (χ1) is 18.4. The molecule has 0 saturated carbocycles. The molecule has 0 amide bonds. The van der Waals surface area contributed by atoms with Crippen LogP contribution in [0.3, 0.4) is 0 Å². The summed E-state index contributed by atoms with van der Waals surface area (Å²) in [6.07, 6.45) is 4.04. The number of nitrogens with zero attached hydrogens (tertiary/aromatic N) is 5. The summed E-state index contributed by atoms with van der Waals surface area (Å²) in [6, 6.07) is 3.93. The Balaban J connectivity index is 0.00000205. The van der Waals surface area contributed by atoms with Gasteiger partial charge < -0.3 is 9.84 Å². The van der Waals surface area contributed by atoms with E-state index in [0.717, 1.165) is 6.20 Å². The minimum Gasteiger partial charge on any atom is -0.485 e. The van der Waals surface area contributed by atoms with Crippen molar-refractivity contribution in [2.75, 3.05) is 0 Å². The predicted molar refractivity (Wildman–Crippen MR) is 145 cm³/mol. The Hall–Kier alpha value is -3.76. The number of aromatic nitrogens is 5. The van der Waals surface area contributed by atoms with E-state index in [0.29, 0.717) is 40.0 Å². The molecule has 0 aliphatic rings. The third-order valence-corrected chi connectivity index (χ3v) is 6.04. The SMILES string of the molecule is CC.Cc1cnc(-c2ccnc(C(C)(C)O)n2)c(C)c1-n1c(C)cc(OCc2ncc(F)cc2F)c(Cl)c1=O. The standard InChI is InChI=1S/C26H24ClF2N5O3.C2H6/c1-13-10-32-22(18-6-7-30-25(33-18)26(4,5)36)15(3)23(13)34-14(2)8-20(21(27)24(34)35)37-12-19-17(29)9-16(28)11-31-19;1-2/h6-11,36H,12H2,1-5H3;1-2H3. The van der Waals surface area contributed by atoms with E-state index in [1.807, 2.05) is 27.7 Å². The lowest BCUT2D eigenvalue weighted by molar-refractivity contribution is 0.0688. The zero-order chi connectivity index (χ0) is 29.1. The number of rotatable bonds is 6. The third-order valence-electron chi connectivity index (χ3n) is 5.69. The molecule has 0 spiro atoms. The minimum atomic E-state index is -1.25. The summed E-state index contributed by atoms with van der Waals surface area (Å²) < 4.78 is 34.1. The molecular formula is C28H30ClF2N5O3. The minimum absolute atomic E-state index is 0.0427. The average Bonchev–Trinajstić information content (AvgIpc) is 2.89. The quantitative estimate of drug-likeness (QED) is 0.321. The van der Waals surface area contributed by atoms with Gasteiger partial charge >= 0.3 is 0 Å². The maximum Gasteiger partial charge on any atom is 0.277 e. The van der Waals surface area contributed by atoms with Gasteiger partial charge in [-0.2, -0.15) is 0 Å². The van der Waals surface area contributed by atoms with E-state index < -0.39 is 22.8 Å². The predicted octanol–water partition coefficient (Wildman–Crippen LogP) is 5.77. The first kappa shape index (κ1) is 29.8. The highest BCUT2D eigenvalue weighted by Gasteiger charge is 2.23. The van der Waals surface area contributed by atoms with Crippen LogP contribution in [0.1, 0.15) is 56.0 Å². The number of hydrogen-bond acceptors (Lipinski definition) is 7. The summed E-state index contributed by atoms with van der Waals surface area (Å²) in [5.41, 5.74) is 1.51. The van der Waals surface area contributed by atoms with E-state index >= 15 is 0 Å². The van der Waals surface area contributed by atoms with Gasteiger partial charge in [-0.3, -0.25) is 19.3 Å². The van der Waals surface area contributed by atoms with Gasteiger partial charge in [-0.1, -0.05) is 25.4 Å². The van der Waals surface area contributed by atoms with Crippen LogP contribution in [0.2, 0.25) is 5.02 Å². The van der Waals surface area contributed by atoms with E-state index in [1.165, 1.54) is 10.8 Å². The van der Waals surface area contributed by atoms with Crippen molar-refractivity contribution >= 4 is 11.6 Å². The Morgan fingerprint density at radius 3 is 2.41 bits per heavy atom. The van der Waals surface area contributed by atoms with Crippen molar-refractivity contribution in [3.05, 3.63) is 92.1 Å². The van der Waals surface area contributed by atoms with Crippen LogP contribution in [0.25, 0.3) is 17.1 Å². The molecule has 0 fully saturated rings. The summed E-state index contributed by atoms with van der Waals surface area (Å²) in [7, 11) is 0. The van der Waals surface area contributed by atoms with Gasteiger partial charge in [0, 0.05) is 35.8 Å². The lowest BCUT2D eigenvalue weighted by Crippen LogP contribution is -2.24. The van der Waals surface area contributed by atoms with Gasteiger partial charge in [0.15, 0.2) is 11.6 Å². The van der Waals surface area contributed by atoms with Crippen LogP contribution >= 0.6 is 11.6 Å². The van der Waals surface area contributed by atoms with Gasteiger partial charge in [-0.15, -0.1) is 0 Å². The molecule has 0 aliphatic carbocycles. The fraction of sp³-hybridized carbons (Fsp3) is 0.321. The van der Waals surface area contributed by atoms with E-state index in [4.69, 9.17) is 16.3 Å². The Bertz CT molecular complexity index is 1570. The zero-order valence-corrected chi connectivity index (χ0v) is 23.6. The summed E-state index contributed by atoms with van der Waals surface area (Å²) in [5.74, 6) is -1.40. The number of aliphatic hydroxyl groups is 1. The maximum atomic E-state index is 13.9. The van der Waals surface area contributed by atoms with Crippen LogP contribution in [0.15, 0.2) is 41.6 Å². The average molecular weight is 558 g/mol. The molecule has 0 radical (unpaired) electrons. The highest BCUT2D eigenvalue weighted by Crippen LogP contribution is 2.30. The van der Waals surface area contributed by atoms with Gasteiger partial charge in [0.1, 0.15) is 34.5 Å². The molecule has 206 valence electrons. The molecule has 1 N–H and O–H groups in total. The van der Waals surface area contributed by atoms with Crippen LogP contribution in [0.5, 0.6) is 5.75 Å². The summed E-state index contributed by atoms with van der Waals surface area (Å²) in [6.45, 7) is 12.2. The highest BCUT2D eigenvalue weighted by atomic mass is 35.5. The Labute approximate surface area is 230 Å². The smallest absolute Gasteiger partial charge is 0.277 e. The molecule has 4 aromatic rings. The van der Waals surface area contributed by atoms with Crippen molar-refractivity contribution in [2.45, 2.75) is 60.7 Å². The molecule has 4 heterocycles. The lowest BCUT2D eigenvalue weighted by Gasteiger charge is -2.20. The zero-order valence-electron chi connectivity index (χ0n) is 22.8. The van der Waals surface area contributed by atoms with Crippen molar-refractivity contribution < 1.29 is 18.6 Å². The number of halogens is 3. The number of hydrogen-bond donors (Lipinski definition) is 1. The monoisotopic (exact) mass is 557 g/mol. The summed E-state index contributed by atoms with van der Waals surface area (Å²) in [5, 5.41) is 10.1. The molecule has 0 atom stereocenters. The highest BCUT2D eigenvalue weighted by molar-refractivity contribution is 6.31. The number of ether oxygens (including phenoxy) is 1. The third kappa shape index (κ3) is 6.29. The van der Waals surface area contributed by atoms with Gasteiger partial charge in [-0.25, -0.2) is 18.7 Å². The summed E-state index contributed by atoms with van der Waals surface area (Å²) >= 11 is 6.39. The molecule has 0 aromatic carbocycles. The van der Waals surface area contributed by atoms with Crippen molar-refractivity contribution in [3.63, 3.8) is 0 Å². The Morgan fingerprint density at radius 1 is 1.08 bits per heavy atom. The van der Waals surface area contributed by atoms with E-state index in [2.05, 4.69) is 19.9 Å². The molecule has 0 saturated heterocycles. The molecule has 0 bridgehead atoms. The Morgan fingerprint density at radius 2 is 1.77 bits per heavy atom. The van der Waals surface area contributed by atoms with Crippen LogP contribution in [-0.2, 0) is 12.2 Å². The molecule has 4 rings (SSSR count). The lowest BCUT2D eigenvalue weighted by atomic mass is 10.0. The first-order valence-corrected chi connectivity index (χ1v) is 12.6. The van der Waals surface area contributed by atoms with Crippen molar-refractivity contribution in [2.24, 2.45) is 0 Å². The molecule has 0 aliphatic heterocycles.